The number of nitrogens with two attached hydrogens (primary N) is 1. The van der Waals surface area contributed by atoms with Crippen LogP contribution in [-0.4, -0.2) is 33.3 Å². The van der Waals surface area contributed by atoms with Crippen LogP contribution in [-0.2, 0) is 5.54 Å². The second-order valence-electron chi connectivity index (χ2n) is 5.31. The van der Waals surface area contributed by atoms with Crippen molar-refractivity contribution in [3.05, 3.63) is 28.2 Å². The third kappa shape index (κ3) is 3.17. The summed E-state index contributed by atoms with van der Waals surface area (Å²) in [5.41, 5.74) is 5.44. The van der Waals surface area contributed by atoms with Gasteiger partial charge in [0.2, 0.25) is 0 Å². The van der Waals surface area contributed by atoms with Crippen LogP contribution in [0.25, 0.3) is 0 Å². The molecule has 0 spiro atoms. The zero-order chi connectivity index (χ0) is 13.9. The highest BCUT2D eigenvalue weighted by atomic mass is 32.1. The lowest BCUT2D eigenvalue weighted by atomic mass is 10.1. The van der Waals surface area contributed by atoms with Crippen LogP contribution in [0.5, 0.6) is 0 Å². The van der Waals surface area contributed by atoms with Crippen LogP contribution in [0, 0.1) is 0 Å². The summed E-state index contributed by atoms with van der Waals surface area (Å²) in [5.74, 6) is 0.823. The maximum absolute atomic E-state index is 5.59. The number of nitrogens with zero attached hydrogens (tertiary/aromatic N) is 4. The van der Waals surface area contributed by atoms with Gasteiger partial charge in [-0.2, -0.15) is 0 Å². The SMILES string of the molecule is CC(C)(C)n1nnnc1C(NCCN)c1cccs1. The first-order valence-corrected chi connectivity index (χ1v) is 7.17. The second kappa shape index (κ2) is 5.77. The third-order valence-electron chi connectivity index (χ3n) is 2.71. The Morgan fingerprint density at radius 1 is 1.47 bits per heavy atom. The van der Waals surface area contributed by atoms with Crippen molar-refractivity contribution in [3.8, 4) is 0 Å². The highest BCUT2D eigenvalue weighted by Gasteiger charge is 2.26. The van der Waals surface area contributed by atoms with E-state index in [1.807, 2.05) is 10.7 Å². The molecule has 0 fully saturated rings. The van der Waals surface area contributed by atoms with Crippen molar-refractivity contribution in [2.24, 2.45) is 5.73 Å². The molecular formula is C12H20N6S. The number of thiophene rings is 1. The Hall–Kier alpha value is -1.31. The first kappa shape index (κ1) is 14.1. The van der Waals surface area contributed by atoms with E-state index >= 15 is 0 Å². The Balaban J connectivity index is 2.36. The van der Waals surface area contributed by atoms with Crippen LogP contribution < -0.4 is 11.1 Å². The molecule has 2 aromatic heterocycles. The first-order valence-electron chi connectivity index (χ1n) is 6.29. The van der Waals surface area contributed by atoms with Crippen molar-refractivity contribution < 1.29 is 0 Å². The number of tetrazole rings is 1. The Kier molecular flexibility index (Phi) is 4.28. The van der Waals surface area contributed by atoms with E-state index in [9.17, 15) is 0 Å². The molecule has 0 aliphatic carbocycles. The Morgan fingerprint density at radius 2 is 2.26 bits per heavy atom. The number of hydrogen-bond donors (Lipinski definition) is 2. The Morgan fingerprint density at radius 3 is 2.84 bits per heavy atom. The van der Waals surface area contributed by atoms with E-state index in [2.05, 4.69) is 53.1 Å². The molecule has 3 N–H and O–H groups in total. The van der Waals surface area contributed by atoms with E-state index in [4.69, 9.17) is 5.73 Å². The summed E-state index contributed by atoms with van der Waals surface area (Å²) in [7, 11) is 0. The van der Waals surface area contributed by atoms with Gasteiger partial charge in [0.25, 0.3) is 0 Å². The van der Waals surface area contributed by atoms with E-state index < -0.39 is 0 Å². The zero-order valence-corrected chi connectivity index (χ0v) is 12.3. The van der Waals surface area contributed by atoms with Crippen molar-refractivity contribution in [1.82, 2.24) is 25.5 Å². The van der Waals surface area contributed by atoms with Crippen molar-refractivity contribution in [3.63, 3.8) is 0 Å². The number of aromatic nitrogens is 4. The first-order chi connectivity index (χ1) is 9.04. The third-order valence-corrected chi connectivity index (χ3v) is 3.64. The number of hydrogen-bond acceptors (Lipinski definition) is 6. The molecule has 2 aromatic rings. The summed E-state index contributed by atoms with van der Waals surface area (Å²) in [6.45, 7) is 7.56. The van der Waals surface area contributed by atoms with E-state index in [0.29, 0.717) is 6.54 Å². The molecule has 2 heterocycles. The molecule has 19 heavy (non-hydrogen) atoms. The van der Waals surface area contributed by atoms with Gasteiger partial charge in [0.05, 0.1) is 5.54 Å². The molecule has 0 radical (unpaired) electrons. The van der Waals surface area contributed by atoms with Crippen LogP contribution in [0.4, 0.5) is 0 Å². The molecule has 104 valence electrons. The van der Waals surface area contributed by atoms with Crippen LogP contribution in [0.15, 0.2) is 17.5 Å². The molecule has 0 aliphatic rings. The monoisotopic (exact) mass is 280 g/mol. The Labute approximate surface area is 117 Å². The predicted molar refractivity (Wildman–Crippen MR) is 76.0 cm³/mol. The topological polar surface area (TPSA) is 81.7 Å². The van der Waals surface area contributed by atoms with Gasteiger partial charge in [0.15, 0.2) is 5.82 Å². The van der Waals surface area contributed by atoms with Gasteiger partial charge in [-0.3, -0.25) is 0 Å². The van der Waals surface area contributed by atoms with Crippen molar-refractivity contribution in [2.75, 3.05) is 13.1 Å². The fourth-order valence-corrected chi connectivity index (χ4v) is 2.65. The lowest BCUT2D eigenvalue weighted by molar-refractivity contribution is 0.326. The van der Waals surface area contributed by atoms with Crippen molar-refractivity contribution in [2.45, 2.75) is 32.4 Å². The summed E-state index contributed by atoms with van der Waals surface area (Å²) in [4.78, 5) is 1.19. The van der Waals surface area contributed by atoms with Gasteiger partial charge in [-0.25, -0.2) is 4.68 Å². The van der Waals surface area contributed by atoms with Crippen LogP contribution in [0.1, 0.15) is 37.5 Å². The molecule has 0 bridgehead atoms. The molecule has 2 rings (SSSR count). The largest absolute Gasteiger partial charge is 0.329 e. The minimum absolute atomic E-state index is 0.0159. The smallest absolute Gasteiger partial charge is 0.174 e. The van der Waals surface area contributed by atoms with Crippen LogP contribution >= 0.6 is 11.3 Å². The molecule has 0 saturated carbocycles. The second-order valence-corrected chi connectivity index (χ2v) is 6.29. The summed E-state index contributed by atoms with van der Waals surface area (Å²) in [6, 6.07) is 4.10. The summed E-state index contributed by atoms with van der Waals surface area (Å²) >= 11 is 1.69. The van der Waals surface area contributed by atoms with Gasteiger partial charge >= 0.3 is 0 Å². The number of nitrogens with one attached hydrogen (secondary N) is 1. The molecule has 0 aromatic carbocycles. The standard InChI is InChI=1S/C12H20N6S/c1-12(2,3)18-11(15-16-17-18)10(14-7-6-13)9-5-4-8-19-9/h4-5,8,10,14H,6-7,13H2,1-3H3. The average molecular weight is 280 g/mol. The maximum atomic E-state index is 5.59. The van der Waals surface area contributed by atoms with Crippen LogP contribution in [0.3, 0.4) is 0 Å². The maximum Gasteiger partial charge on any atom is 0.174 e. The quantitative estimate of drug-likeness (QED) is 0.858. The minimum Gasteiger partial charge on any atom is -0.329 e. The molecule has 1 atom stereocenters. The average Bonchev–Trinajstić information content (AvgIpc) is 2.99. The predicted octanol–water partition coefficient (Wildman–Crippen LogP) is 1.13. The fraction of sp³-hybridized carbons (Fsp3) is 0.583. The summed E-state index contributed by atoms with van der Waals surface area (Å²) < 4.78 is 1.86. The Bertz CT molecular complexity index is 499. The molecule has 6 nitrogen and oxygen atoms in total. The fourth-order valence-electron chi connectivity index (χ4n) is 1.85. The van der Waals surface area contributed by atoms with Gasteiger partial charge in [-0.15, -0.1) is 16.4 Å². The van der Waals surface area contributed by atoms with Gasteiger partial charge < -0.3 is 11.1 Å². The van der Waals surface area contributed by atoms with E-state index in [1.165, 1.54) is 4.88 Å². The number of rotatable bonds is 5. The molecule has 1 unspecified atom stereocenters. The molecule has 7 heteroatoms. The lowest BCUT2D eigenvalue weighted by Crippen LogP contribution is -2.33. The van der Waals surface area contributed by atoms with Crippen molar-refractivity contribution >= 4 is 11.3 Å². The van der Waals surface area contributed by atoms with Gasteiger partial charge in [-0.1, -0.05) is 6.07 Å². The molecular weight excluding hydrogens is 260 g/mol. The van der Waals surface area contributed by atoms with Gasteiger partial charge in [0.1, 0.15) is 6.04 Å². The summed E-state index contributed by atoms with van der Waals surface area (Å²) in [5, 5.41) is 17.6. The van der Waals surface area contributed by atoms with E-state index in [1.54, 1.807) is 11.3 Å². The molecule has 0 saturated heterocycles. The van der Waals surface area contributed by atoms with E-state index in [-0.39, 0.29) is 11.6 Å². The van der Waals surface area contributed by atoms with Gasteiger partial charge in [0, 0.05) is 18.0 Å². The van der Waals surface area contributed by atoms with Crippen LogP contribution in [0.2, 0.25) is 0 Å². The van der Waals surface area contributed by atoms with E-state index in [0.717, 1.165) is 12.4 Å². The molecule has 0 amide bonds. The van der Waals surface area contributed by atoms with Gasteiger partial charge in [-0.05, 0) is 42.6 Å². The zero-order valence-electron chi connectivity index (χ0n) is 11.5. The van der Waals surface area contributed by atoms with Crippen molar-refractivity contribution in [1.29, 1.82) is 0 Å². The normalized spacial score (nSPS) is 13.7. The summed E-state index contributed by atoms with van der Waals surface area (Å²) in [6.07, 6.45) is 0. The highest BCUT2D eigenvalue weighted by Crippen LogP contribution is 2.26. The highest BCUT2D eigenvalue weighted by molar-refractivity contribution is 7.10. The minimum atomic E-state index is -0.154. The lowest BCUT2D eigenvalue weighted by Gasteiger charge is -2.24. The molecule has 0 aliphatic heterocycles.